The van der Waals surface area contributed by atoms with Gasteiger partial charge < -0.3 is 14.5 Å². The Labute approximate surface area is 102 Å². The molecule has 0 aliphatic carbocycles. The highest BCUT2D eigenvalue weighted by molar-refractivity contribution is 5.72. The molecule has 1 aromatic heterocycles. The third-order valence-corrected chi connectivity index (χ3v) is 3.02. The fourth-order valence-electron chi connectivity index (χ4n) is 1.70. The normalized spacial score (nSPS) is 16.3. The summed E-state index contributed by atoms with van der Waals surface area (Å²) in [6.07, 6.45) is 0. The van der Waals surface area contributed by atoms with Crippen LogP contribution in [0, 0.1) is 12.8 Å². The van der Waals surface area contributed by atoms with Crippen molar-refractivity contribution in [3.8, 4) is 0 Å². The lowest BCUT2D eigenvalue weighted by Gasteiger charge is -2.22. The lowest BCUT2D eigenvalue weighted by Crippen LogP contribution is -2.38. The van der Waals surface area contributed by atoms with Crippen molar-refractivity contribution in [1.82, 2.24) is 5.32 Å². The number of carbonyl (C=O) groups excluding carboxylic acids is 1. The fraction of sp³-hybridized carbons (Fsp3) is 0.615. The molecule has 1 heterocycles. The molecule has 1 rings (SSSR count). The summed E-state index contributed by atoms with van der Waals surface area (Å²) in [7, 11) is 1.41. The van der Waals surface area contributed by atoms with E-state index >= 15 is 0 Å². The number of furan rings is 1. The topological polar surface area (TPSA) is 51.5 Å². The summed E-state index contributed by atoms with van der Waals surface area (Å²) in [5, 5.41) is 3.33. The van der Waals surface area contributed by atoms with Gasteiger partial charge in [-0.2, -0.15) is 0 Å². The Balaban J connectivity index is 2.56. The van der Waals surface area contributed by atoms with Crippen LogP contribution < -0.4 is 5.32 Å². The molecule has 1 aromatic rings. The van der Waals surface area contributed by atoms with Crippen LogP contribution >= 0.6 is 0 Å². The molecule has 4 nitrogen and oxygen atoms in total. The first-order chi connectivity index (χ1) is 7.95. The molecule has 0 saturated heterocycles. The molecule has 96 valence electrons. The molecule has 0 spiro atoms. The molecule has 0 saturated carbocycles. The standard InChI is InChI=1S/C13H21NO3/c1-8-6-7-12(17-8)11(4)14-10(3)9(2)13(15)16-5/h6-7,9-11,14H,1-5H3. The Hall–Kier alpha value is -1.29. The lowest BCUT2D eigenvalue weighted by atomic mass is 10.0. The zero-order valence-corrected chi connectivity index (χ0v) is 11.1. The largest absolute Gasteiger partial charge is 0.469 e. The Morgan fingerprint density at radius 1 is 1.35 bits per heavy atom. The Kier molecular flexibility index (Phi) is 4.75. The number of ether oxygens (including phenoxy) is 1. The van der Waals surface area contributed by atoms with Gasteiger partial charge in [0.15, 0.2) is 0 Å². The predicted molar refractivity (Wildman–Crippen MR) is 65.6 cm³/mol. The molecule has 0 bridgehead atoms. The van der Waals surface area contributed by atoms with Crippen LogP contribution in [0.3, 0.4) is 0 Å². The third kappa shape index (κ3) is 3.60. The average Bonchev–Trinajstić information content (AvgIpc) is 2.73. The number of carbonyl (C=O) groups is 1. The highest BCUT2D eigenvalue weighted by Gasteiger charge is 2.23. The highest BCUT2D eigenvalue weighted by atomic mass is 16.5. The first-order valence-electron chi connectivity index (χ1n) is 5.86. The van der Waals surface area contributed by atoms with Crippen LogP contribution in [0.15, 0.2) is 16.5 Å². The SMILES string of the molecule is COC(=O)C(C)C(C)NC(C)c1ccc(C)o1. The average molecular weight is 239 g/mol. The summed E-state index contributed by atoms with van der Waals surface area (Å²) in [4.78, 5) is 11.4. The molecule has 0 fully saturated rings. The zero-order chi connectivity index (χ0) is 13.0. The maximum atomic E-state index is 11.4. The van der Waals surface area contributed by atoms with Gasteiger partial charge in [0.05, 0.1) is 19.1 Å². The summed E-state index contributed by atoms with van der Waals surface area (Å²) >= 11 is 0. The van der Waals surface area contributed by atoms with Gasteiger partial charge in [0.1, 0.15) is 11.5 Å². The summed E-state index contributed by atoms with van der Waals surface area (Å²) in [6.45, 7) is 7.74. The molecule has 0 amide bonds. The summed E-state index contributed by atoms with van der Waals surface area (Å²) < 4.78 is 10.3. The van der Waals surface area contributed by atoms with Crippen LogP contribution in [-0.2, 0) is 9.53 Å². The first kappa shape index (κ1) is 13.8. The maximum absolute atomic E-state index is 11.4. The van der Waals surface area contributed by atoms with Crippen LogP contribution in [0.4, 0.5) is 0 Å². The van der Waals surface area contributed by atoms with E-state index in [1.54, 1.807) is 0 Å². The fourth-order valence-corrected chi connectivity index (χ4v) is 1.70. The summed E-state index contributed by atoms with van der Waals surface area (Å²) in [6, 6.07) is 3.98. The molecule has 3 unspecified atom stereocenters. The minimum Gasteiger partial charge on any atom is -0.469 e. The second-order valence-electron chi connectivity index (χ2n) is 4.44. The van der Waals surface area contributed by atoms with Crippen molar-refractivity contribution in [2.75, 3.05) is 7.11 Å². The maximum Gasteiger partial charge on any atom is 0.309 e. The minimum atomic E-state index is -0.201. The Bertz CT molecular complexity index is 372. The molecular weight excluding hydrogens is 218 g/mol. The van der Waals surface area contributed by atoms with Crippen LogP contribution in [0.5, 0.6) is 0 Å². The van der Waals surface area contributed by atoms with Crippen LogP contribution in [0.2, 0.25) is 0 Å². The zero-order valence-electron chi connectivity index (χ0n) is 11.1. The second-order valence-corrected chi connectivity index (χ2v) is 4.44. The second kappa shape index (κ2) is 5.87. The van der Waals surface area contributed by atoms with Gasteiger partial charge in [0.25, 0.3) is 0 Å². The van der Waals surface area contributed by atoms with E-state index in [4.69, 9.17) is 9.15 Å². The molecule has 0 aromatic carbocycles. The number of hydrogen-bond acceptors (Lipinski definition) is 4. The van der Waals surface area contributed by atoms with Gasteiger partial charge in [-0.15, -0.1) is 0 Å². The van der Waals surface area contributed by atoms with Crippen molar-refractivity contribution in [2.45, 2.75) is 39.8 Å². The lowest BCUT2D eigenvalue weighted by molar-refractivity contribution is -0.145. The Morgan fingerprint density at radius 2 is 2.00 bits per heavy atom. The first-order valence-corrected chi connectivity index (χ1v) is 5.86. The van der Waals surface area contributed by atoms with Crippen molar-refractivity contribution in [1.29, 1.82) is 0 Å². The quantitative estimate of drug-likeness (QED) is 0.802. The molecule has 4 heteroatoms. The number of rotatable bonds is 5. The molecule has 0 aliphatic heterocycles. The van der Waals surface area contributed by atoms with Crippen molar-refractivity contribution < 1.29 is 13.9 Å². The van der Waals surface area contributed by atoms with Crippen LogP contribution in [0.1, 0.15) is 38.3 Å². The predicted octanol–water partition coefficient (Wildman–Crippen LogP) is 2.44. The van der Waals surface area contributed by atoms with Gasteiger partial charge in [0.2, 0.25) is 0 Å². The van der Waals surface area contributed by atoms with E-state index in [9.17, 15) is 4.79 Å². The number of esters is 1. The van der Waals surface area contributed by atoms with Gasteiger partial charge in [-0.05, 0) is 32.9 Å². The number of aryl methyl sites for hydroxylation is 1. The summed E-state index contributed by atoms with van der Waals surface area (Å²) in [5.74, 6) is 1.39. The Morgan fingerprint density at radius 3 is 2.47 bits per heavy atom. The van der Waals surface area contributed by atoms with Gasteiger partial charge >= 0.3 is 5.97 Å². The third-order valence-electron chi connectivity index (χ3n) is 3.02. The van der Waals surface area contributed by atoms with E-state index in [0.717, 1.165) is 11.5 Å². The summed E-state index contributed by atoms with van der Waals surface area (Å²) in [5.41, 5.74) is 0. The van der Waals surface area contributed by atoms with E-state index in [1.807, 2.05) is 39.8 Å². The van der Waals surface area contributed by atoms with Gasteiger partial charge in [-0.3, -0.25) is 4.79 Å². The molecule has 3 atom stereocenters. The number of methoxy groups -OCH3 is 1. The number of hydrogen-bond donors (Lipinski definition) is 1. The monoisotopic (exact) mass is 239 g/mol. The molecule has 0 aliphatic rings. The molecule has 17 heavy (non-hydrogen) atoms. The highest BCUT2D eigenvalue weighted by Crippen LogP contribution is 2.17. The van der Waals surface area contributed by atoms with E-state index in [-0.39, 0.29) is 24.0 Å². The van der Waals surface area contributed by atoms with Gasteiger partial charge in [0, 0.05) is 6.04 Å². The van der Waals surface area contributed by atoms with Crippen molar-refractivity contribution in [3.05, 3.63) is 23.7 Å². The van der Waals surface area contributed by atoms with E-state index < -0.39 is 0 Å². The van der Waals surface area contributed by atoms with E-state index in [0.29, 0.717) is 0 Å². The smallest absolute Gasteiger partial charge is 0.309 e. The number of nitrogens with one attached hydrogen (secondary N) is 1. The minimum absolute atomic E-state index is 0.0304. The van der Waals surface area contributed by atoms with Crippen molar-refractivity contribution >= 4 is 5.97 Å². The van der Waals surface area contributed by atoms with Gasteiger partial charge in [-0.25, -0.2) is 0 Å². The van der Waals surface area contributed by atoms with E-state index in [1.165, 1.54) is 7.11 Å². The molecule has 0 radical (unpaired) electrons. The molecular formula is C13H21NO3. The van der Waals surface area contributed by atoms with Gasteiger partial charge in [-0.1, -0.05) is 6.92 Å². The van der Waals surface area contributed by atoms with E-state index in [2.05, 4.69) is 5.32 Å². The van der Waals surface area contributed by atoms with Crippen LogP contribution in [-0.4, -0.2) is 19.1 Å². The molecule has 1 N–H and O–H groups in total. The van der Waals surface area contributed by atoms with Crippen molar-refractivity contribution in [2.24, 2.45) is 5.92 Å². The van der Waals surface area contributed by atoms with Crippen molar-refractivity contribution in [3.63, 3.8) is 0 Å². The van der Waals surface area contributed by atoms with Crippen LogP contribution in [0.25, 0.3) is 0 Å².